The summed E-state index contributed by atoms with van der Waals surface area (Å²) in [6, 6.07) is 1.71. The number of H-pyrrole nitrogens is 1. The van der Waals surface area contributed by atoms with Gasteiger partial charge in [0, 0.05) is 26.2 Å². The van der Waals surface area contributed by atoms with Gasteiger partial charge in [-0.2, -0.15) is 5.10 Å². The summed E-state index contributed by atoms with van der Waals surface area (Å²) in [4.78, 5) is 11.4. The van der Waals surface area contributed by atoms with Gasteiger partial charge in [-0.05, 0) is 5.92 Å². The molecule has 5 heteroatoms. The lowest BCUT2D eigenvalue weighted by atomic mass is 10.1. The normalized spacial score (nSPS) is 12.4. The highest BCUT2D eigenvalue weighted by Crippen LogP contribution is 2.05. The summed E-state index contributed by atoms with van der Waals surface area (Å²) in [7, 11) is 1.63. The first-order valence-corrected chi connectivity index (χ1v) is 4.50. The van der Waals surface area contributed by atoms with Gasteiger partial charge in [0.2, 0.25) is 5.91 Å². The second kappa shape index (κ2) is 5.39. The van der Waals surface area contributed by atoms with E-state index >= 15 is 0 Å². The van der Waals surface area contributed by atoms with E-state index in [1.807, 2.05) is 6.92 Å². The summed E-state index contributed by atoms with van der Waals surface area (Å²) < 4.78 is 4.94. The molecule has 1 amide bonds. The standard InChI is InChI=1S/C9H15N3O2/c1-7(6-14-2)5-9(13)11-8-3-4-10-12-8/h3-4,7H,5-6H2,1-2H3,(H2,10,11,12,13). The van der Waals surface area contributed by atoms with Crippen molar-refractivity contribution in [3.8, 4) is 0 Å². The molecule has 5 nitrogen and oxygen atoms in total. The molecule has 0 bridgehead atoms. The number of methoxy groups -OCH3 is 1. The highest BCUT2D eigenvalue weighted by atomic mass is 16.5. The predicted molar refractivity (Wildman–Crippen MR) is 52.9 cm³/mol. The Hall–Kier alpha value is -1.36. The van der Waals surface area contributed by atoms with Gasteiger partial charge >= 0.3 is 0 Å². The average Bonchev–Trinajstić information content (AvgIpc) is 2.56. The molecule has 14 heavy (non-hydrogen) atoms. The molecule has 0 radical (unpaired) electrons. The van der Waals surface area contributed by atoms with E-state index < -0.39 is 0 Å². The molecule has 0 saturated carbocycles. The zero-order valence-corrected chi connectivity index (χ0v) is 8.41. The lowest BCUT2D eigenvalue weighted by molar-refractivity contribution is -0.117. The van der Waals surface area contributed by atoms with Crippen molar-refractivity contribution in [2.24, 2.45) is 5.92 Å². The van der Waals surface area contributed by atoms with Crippen LogP contribution in [0.3, 0.4) is 0 Å². The molecule has 1 atom stereocenters. The fourth-order valence-corrected chi connectivity index (χ4v) is 1.19. The first kappa shape index (κ1) is 10.7. The van der Waals surface area contributed by atoms with Crippen LogP contribution in [0.25, 0.3) is 0 Å². The summed E-state index contributed by atoms with van der Waals surface area (Å²) in [5, 5.41) is 9.09. The van der Waals surface area contributed by atoms with Gasteiger partial charge in [0.1, 0.15) is 5.82 Å². The van der Waals surface area contributed by atoms with Gasteiger partial charge in [0.15, 0.2) is 0 Å². The third-order valence-corrected chi connectivity index (χ3v) is 1.76. The molecular weight excluding hydrogens is 182 g/mol. The molecule has 0 aromatic carbocycles. The SMILES string of the molecule is COCC(C)CC(=O)Nc1ccn[nH]1. The van der Waals surface area contributed by atoms with Crippen LogP contribution >= 0.6 is 0 Å². The molecule has 0 aliphatic rings. The lowest BCUT2D eigenvalue weighted by Crippen LogP contribution is -2.17. The van der Waals surface area contributed by atoms with E-state index in [2.05, 4.69) is 15.5 Å². The number of ether oxygens (including phenoxy) is 1. The zero-order chi connectivity index (χ0) is 10.4. The molecule has 0 aliphatic carbocycles. The third-order valence-electron chi connectivity index (χ3n) is 1.76. The first-order valence-electron chi connectivity index (χ1n) is 4.50. The largest absolute Gasteiger partial charge is 0.384 e. The minimum Gasteiger partial charge on any atom is -0.384 e. The number of carbonyl (C=O) groups is 1. The van der Waals surface area contributed by atoms with Crippen LogP contribution < -0.4 is 5.32 Å². The van der Waals surface area contributed by atoms with Crippen molar-refractivity contribution in [1.82, 2.24) is 10.2 Å². The summed E-state index contributed by atoms with van der Waals surface area (Å²) in [6.07, 6.45) is 2.04. The van der Waals surface area contributed by atoms with Crippen LogP contribution in [-0.2, 0) is 9.53 Å². The number of carbonyl (C=O) groups excluding carboxylic acids is 1. The summed E-state index contributed by atoms with van der Waals surface area (Å²) in [5.41, 5.74) is 0. The van der Waals surface area contributed by atoms with Crippen molar-refractivity contribution >= 4 is 11.7 Å². The minimum absolute atomic E-state index is 0.0289. The maximum Gasteiger partial charge on any atom is 0.225 e. The van der Waals surface area contributed by atoms with E-state index in [4.69, 9.17) is 4.74 Å². The highest BCUT2D eigenvalue weighted by Gasteiger charge is 2.09. The lowest BCUT2D eigenvalue weighted by Gasteiger charge is -2.08. The maximum absolute atomic E-state index is 11.4. The fraction of sp³-hybridized carbons (Fsp3) is 0.556. The molecule has 0 aliphatic heterocycles. The molecule has 0 saturated heterocycles. The topological polar surface area (TPSA) is 67.0 Å². The Kier molecular flexibility index (Phi) is 4.12. The summed E-state index contributed by atoms with van der Waals surface area (Å²) in [6.45, 7) is 2.56. The monoisotopic (exact) mass is 197 g/mol. The smallest absolute Gasteiger partial charge is 0.225 e. The Morgan fingerprint density at radius 2 is 2.57 bits per heavy atom. The van der Waals surface area contributed by atoms with Crippen molar-refractivity contribution in [2.45, 2.75) is 13.3 Å². The Morgan fingerprint density at radius 1 is 1.79 bits per heavy atom. The number of hydrogen-bond donors (Lipinski definition) is 2. The number of nitrogens with one attached hydrogen (secondary N) is 2. The number of aromatic amines is 1. The molecule has 78 valence electrons. The van der Waals surface area contributed by atoms with Gasteiger partial charge < -0.3 is 10.1 Å². The molecule has 1 heterocycles. The van der Waals surface area contributed by atoms with Crippen LogP contribution in [-0.4, -0.2) is 29.8 Å². The first-order chi connectivity index (χ1) is 6.72. The van der Waals surface area contributed by atoms with Gasteiger partial charge in [-0.15, -0.1) is 0 Å². The van der Waals surface area contributed by atoms with Crippen LogP contribution in [0, 0.1) is 5.92 Å². The Labute approximate surface area is 82.8 Å². The predicted octanol–water partition coefficient (Wildman–Crippen LogP) is 1.02. The van der Waals surface area contributed by atoms with Crippen LogP contribution in [0.15, 0.2) is 12.3 Å². The molecular formula is C9H15N3O2. The van der Waals surface area contributed by atoms with Gasteiger partial charge in [-0.3, -0.25) is 9.89 Å². The van der Waals surface area contributed by atoms with Crippen molar-refractivity contribution in [3.05, 3.63) is 12.3 Å². The van der Waals surface area contributed by atoms with Crippen molar-refractivity contribution < 1.29 is 9.53 Å². The Balaban J connectivity index is 2.29. The number of hydrogen-bond acceptors (Lipinski definition) is 3. The molecule has 1 aromatic rings. The van der Waals surface area contributed by atoms with Crippen LogP contribution in [0.5, 0.6) is 0 Å². The second-order valence-corrected chi connectivity index (χ2v) is 3.28. The van der Waals surface area contributed by atoms with E-state index in [0.29, 0.717) is 18.8 Å². The van der Waals surface area contributed by atoms with E-state index in [1.54, 1.807) is 19.4 Å². The van der Waals surface area contributed by atoms with Crippen molar-refractivity contribution in [1.29, 1.82) is 0 Å². The van der Waals surface area contributed by atoms with Crippen LogP contribution in [0.2, 0.25) is 0 Å². The number of amides is 1. The van der Waals surface area contributed by atoms with E-state index in [-0.39, 0.29) is 11.8 Å². The van der Waals surface area contributed by atoms with Crippen molar-refractivity contribution in [3.63, 3.8) is 0 Å². The minimum atomic E-state index is -0.0289. The summed E-state index contributed by atoms with van der Waals surface area (Å²) in [5.74, 6) is 0.821. The fourth-order valence-electron chi connectivity index (χ4n) is 1.19. The number of anilines is 1. The summed E-state index contributed by atoms with van der Waals surface area (Å²) >= 11 is 0. The maximum atomic E-state index is 11.4. The van der Waals surface area contributed by atoms with Crippen molar-refractivity contribution in [2.75, 3.05) is 19.0 Å². The van der Waals surface area contributed by atoms with Crippen LogP contribution in [0.1, 0.15) is 13.3 Å². The second-order valence-electron chi connectivity index (χ2n) is 3.28. The van der Waals surface area contributed by atoms with Gasteiger partial charge in [0.25, 0.3) is 0 Å². The zero-order valence-electron chi connectivity index (χ0n) is 8.41. The average molecular weight is 197 g/mol. The van der Waals surface area contributed by atoms with Gasteiger partial charge in [-0.1, -0.05) is 6.92 Å². The van der Waals surface area contributed by atoms with Gasteiger partial charge in [0.05, 0.1) is 6.20 Å². The molecule has 0 fully saturated rings. The van der Waals surface area contributed by atoms with E-state index in [0.717, 1.165) is 0 Å². The quantitative estimate of drug-likeness (QED) is 0.740. The third kappa shape index (κ3) is 3.57. The van der Waals surface area contributed by atoms with Crippen LogP contribution in [0.4, 0.5) is 5.82 Å². The number of nitrogens with zero attached hydrogens (tertiary/aromatic N) is 1. The molecule has 1 unspecified atom stereocenters. The van der Waals surface area contributed by atoms with E-state index in [9.17, 15) is 4.79 Å². The Morgan fingerprint density at radius 3 is 3.14 bits per heavy atom. The van der Waals surface area contributed by atoms with E-state index in [1.165, 1.54) is 0 Å². The van der Waals surface area contributed by atoms with Gasteiger partial charge in [-0.25, -0.2) is 0 Å². The molecule has 0 spiro atoms. The Bertz CT molecular complexity index is 272. The number of aromatic nitrogens is 2. The highest BCUT2D eigenvalue weighted by molar-refractivity contribution is 5.89. The molecule has 1 aromatic heterocycles. The molecule has 1 rings (SSSR count). The number of rotatable bonds is 5. The molecule has 2 N–H and O–H groups in total.